The number of rotatable bonds is 4. The Morgan fingerprint density at radius 2 is 2.31 bits per heavy atom. The van der Waals surface area contributed by atoms with E-state index in [1.165, 1.54) is 30.7 Å². The topological polar surface area (TPSA) is 29.9 Å². The maximum Gasteiger partial charge on any atom is 0.0949 e. The van der Waals surface area contributed by atoms with Crippen molar-refractivity contribution in [3.63, 3.8) is 0 Å². The summed E-state index contributed by atoms with van der Waals surface area (Å²) in [6.45, 7) is 5.61. The zero-order valence-electron chi connectivity index (χ0n) is 10.7. The molecule has 0 saturated heterocycles. The van der Waals surface area contributed by atoms with E-state index in [-0.39, 0.29) is 5.54 Å². The van der Waals surface area contributed by atoms with E-state index < -0.39 is 0 Å². The lowest BCUT2D eigenvalue weighted by Gasteiger charge is -2.38. The fourth-order valence-corrected chi connectivity index (χ4v) is 2.93. The minimum absolute atomic E-state index is 0.175. The summed E-state index contributed by atoms with van der Waals surface area (Å²) in [4.78, 5) is 4.53. The van der Waals surface area contributed by atoms with Gasteiger partial charge in [-0.1, -0.05) is 26.7 Å². The van der Waals surface area contributed by atoms with Crippen LogP contribution in [0.3, 0.4) is 0 Å². The molecule has 0 aliphatic carbocycles. The molecule has 1 aromatic rings. The molecule has 2 rings (SSSR count). The summed E-state index contributed by atoms with van der Waals surface area (Å²) in [6, 6.07) is 0. The van der Waals surface area contributed by atoms with Gasteiger partial charge < -0.3 is 9.88 Å². The third kappa shape index (κ3) is 1.77. The second kappa shape index (κ2) is 4.58. The van der Waals surface area contributed by atoms with Gasteiger partial charge in [0.15, 0.2) is 0 Å². The van der Waals surface area contributed by atoms with E-state index in [1.54, 1.807) is 0 Å². The molecule has 0 aromatic carbocycles. The van der Waals surface area contributed by atoms with Gasteiger partial charge in [0.25, 0.3) is 0 Å². The van der Waals surface area contributed by atoms with Crippen molar-refractivity contribution in [3.8, 4) is 0 Å². The monoisotopic (exact) mass is 221 g/mol. The summed E-state index contributed by atoms with van der Waals surface area (Å²) in [5, 5.41) is 3.74. The van der Waals surface area contributed by atoms with E-state index in [0.29, 0.717) is 0 Å². The summed E-state index contributed by atoms with van der Waals surface area (Å²) in [5.74, 6) is 0. The summed E-state index contributed by atoms with van der Waals surface area (Å²) in [7, 11) is 2.12. The lowest BCUT2D eigenvalue weighted by atomic mass is 9.82. The summed E-state index contributed by atoms with van der Waals surface area (Å²) in [6.07, 6.45) is 7.96. The molecule has 2 heterocycles. The number of hydrogen-bond acceptors (Lipinski definition) is 2. The van der Waals surface area contributed by atoms with Crippen LogP contribution in [0.2, 0.25) is 0 Å². The third-order valence-electron chi connectivity index (χ3n) is 3.85. The minimum Gasteiger partial charge on any atom is -0.336 e. The zero-order chi connectivity index (χ0) is 11.6. The maximum atomic E-state index is 4.53. The van der Waals surface area contributed by atoms with E-state index >= 15 is 0 Å². The van der Waals surface area contributed by atoms with Crippen LogP contribution in [0, 0.1) is 0 Å². The Hall–Kier alpha value is -0.830. The van der Waals surface area contributed by atoms with Crippen molar-refractivity contribution in [2.45, 2.75) is 51.5 Å². The number of fused-ring (bicyclic) bond motifs is 1. The van der Waals surface area contributed by atoms with Gasteiger partial charge in [-0.15, -0.1) is 0 Å². The first-order valence-corrected chi connectivity index (χ1v) is 6.49. The van der Waals surface area contributed by atoms with Gasteiger partial charge in [0.05, 0.1) is 23.3 Å². The standard InChI is InChI=1S/C13H23N3/c1-4-6-8-13(5-2)12-11(7-9-15-13)14-10-16(12)3/h10,15H,4-9H2,1-3H3. The lowest BCUT2D eigenvalue weighted by molar-refractivity contribution is 0.259. The molecule has 0 spiro atoms. The molecule has 1 atom stereocenters. The minimum atomic E-state index is 0.175. The molecule has 1 N–H and O–H groups in total. The molecular formula is C13H23N3. The van der Waals surface area contributed by atoms with E-state index in [1.807, 2.05) is 6.33 Å². The van der Waals surface area contributed by atoms with Crippen molar-refractivity contribution in [1.82, 2.24) is 14.9 Å². The van der Waals surface area contributed by atoms with Crippen LogP contribution in [-0.2, 0) is 19.0 Å². The molecule has 0 radical (unpaired) electrons. The smallest absolute Gasteiger partial charge is 0.0949 e. The zero-order valence-corrected chi connectivity index (χ0v) is 10.7. The summed E-state index contributed by atoms with van der Waals surface area (Å²) >= 11 is 0. The van der Waals surface area contributed by atoms with Gasteiger partial charge in [-0.05, 0) is 12.8 Å². The van der Waals surface area contributed by atoms with E-state index in [2.05, 4.69) is 35.8 Å². The molecule has 90 valence electrons. The molecule has 1 unspecified atom stereocenters. The highest BCUT2D eigenvalue weighted by atomic mass is 15.1. The van der Waals surface area contributed by atoms with Crippen molar-refractivity contribution < 1.29 is 0 Å². The summed E-state index contributed by atoms with van der Waals surface area (Å²) in [5.41, 5.74) is 2.91. The Morgan fingerprint density at radius 3 is 3.00 bits per heavy atom. The normalized spacial score (nSPS) is 24.4. The highest BCUT2D eigenvalue weighted by molar-refractivity contribution is 5.26. The van der Waals surface area contributed by atoms with E-state index in [4.69, 9.17) is 0 Å². The molecule has 0 saturated carbocycles. The van der Waals surface area contributed by atoms with Crippen LogP contribution in [0.5, 0.6) is 0 Å². The average Bonchev–Trinajstić information content (AvgIpc) is 2.70. The largest absolute Gasteiger partial charge is 0.336 e. The maximum absolute atomic E-state index is 4.53. The average molecular weight is 221 g/mol. The van der Waals surface area contributed by atoms with Gasteiger partial charge in [0.1, 0.15) is 0 Å². The van der Waals surface area contributed by atoms with Crippen LogP contribution in [0.25, 0.3) is 0 Å². The number of nitrogens with one attached hydrogen (secondary N) is 1. The fraction of sp³-hybridized carbons (Fsp3) is 0.769. The van der Waals surface area contributed by atoms with E-state index in [9.17, 15) is 0 Å². The second-order valence-corrected chi connectivity index (χ2v) is 4.87. The number of unbranched alkanes of at least 4 members (excludes halogenated alkanes) is 1. The third-order valence-corrected chi connectivity index (χ3v) is 3.85. The Morgan fingerprint density at radius 1 is 1.50 bits per heavy atom. The number of imidazole rings is 1. The van der Waals surface area contributed by atoms with Crippen molar-refractivity contribution in [2.75, 3.05) is 6.54 Å². The SMILES string of the molecule is CCCCC1(CC)NCCc2ncn(C)c21. The van der Waals surface area contributed by atoms with Crippen LogP contribution in [-0.4, -0.2) is 16.1 Å². The number of nitrogens with zero attached hydrogens (tertiary/aromatic N) is 2. The first-order chi connectivity index (χ1) is 7.73. The summed E-state index contributed by atoms with van der Waals surface area (Å²) < 4.78 is 2.21. The predicted octanol–water partition coefficient (Wildman–Crippen LogP) is 2.36. The molecule has 3 heteroatoms. The molecule has 1 aliphatic heterocycles. The van der Waals surface area contributed by atoms with Crippen LogP contribution < -0.4 is 5.32 Å². The van der Waals surface area contributed by atoms with Gasteiger partial charge in [0.2, 0.25) is 0 Å². The molecule has 3 nitrogen and oxygen atoms in total. The Kier molecular flexibility index (Phi) is 3.33. The van der Waals surface area contributed by atoms with Crippen LogP contribution in [0.1, 0.15) is 50.9 Å². The Balaban J connectivity index is 2.36. The van der Waals surface area contributed by atoms with Crippen LogP contribution in [0.15, 0.2) is 6.33 Å². The van der Waals surface area contributed by atoms with Gasteiger partial charge in [-0.3, -0.25) is 0 Å². The molecule has 1 aromatic heterocycles. The van der Waals surface area contributed by atoms with Crippen molar-refractivity contribution >= 4 is 0 Å². The highest BCUT2D eigenvalue weighted by Crippen LogP contribution is 2.35. The van der Waals surface area contributed by atoms with Crippen molar-refractivity contribution in [3.05, 3.63) is 17.7 Å². The Bertz CT molecular complexity index is 356. The highest BCUT2D eigenvalue weighted by Gasteiger charge is 2.37. The van der Waals surface area contributed by atoms with Gasteiger partial charge in [-0.25, -0.2) is 4.98 Å². The predicted molar refractivity (Wildman–Crippen MR) is 66.4 cm³/mol. The van der Waals surface area contributed by atoms with Gasteiger partial charge in [-0.2, -0.15) is 0 Å². The van der Waals surface area contributed by atoms with Crippen molar-refractivity contribution in [1.29, 1.82) is 0 Å². The first kappa shape index (κ1) is 11.6. The molecule has 0 fully saturated rings. The Labute approximate surface area is 98.3 Å². The fourth-order valence-electron chi connectivity index (χ4n) is 2.93. The molecule has 0 amide bonds. The second-order valence-electron chi connectivity index (χ2n) is 4.87. The van der Waals surface area contributed by atoms with Gasteiger partial charge in [0, 0.05) is 20.0 Å². The first-order valence-electron chi connectivity index (χ1n) is 6.49. The quantitative estimate of drug-likeness (QED) is 0.846. The molecular weight excluding hydrogens is 198 g/mol. The van der Waals surface area contributed by atoms with Crippen LogP contribution in [0.4, 0.5) is 0 Å². The van der Waals surface area contributed by atoms with Crippen molar-refractivity contribution in [2.24, 2.45) is 7.05 Å². The molecule has 0 bridgehead atoms. The lowest BCUT2D eigenvalue weighted by Crippen LogP contribution is -2.48. The number of aryl methyl sites for hydroxylation is 1. The van der Waals surface area contributed by atoms with Crippen LogP contribution >= 0.6 is 0 Å². The number of aromatic nitrogens is 2. The molecule has 1 aliphatic rings. The molecule has 16 heavy (non-hydrogen) atoms. The van der Waals surface area contributed by atoms with E-state index in [0.717, 1.165) is 19.4 Å². The number of hydrogen-bond donors (Lipinski definition) is 1. The van der Waals surface area contributed by atoms with Gasteiger partial charge >= 0.3 is 0 Å².